The van der Waals surface area contributed by atoms with E-state index in [1.807, 2.05) is 0 Å². The second-order valence-electron chi connectivity index (χ2n) is 9.22. The Hall–Kier alpha value is -2.81. The molecule has 0 N–H and O–H groups in total. The highest BCUT2D eigenvalue weighted by Gasteiger charge is 2.27. The molecule has 34 heavy (non-hydrogen) atoms. The molecule has 0 saturated carbocycles. The van der Waals surface area contributed by atoms with E-state index in [0.717, 1.165) is 41.1 Å². The molecule has 3 aromatic rings. The molecule has 2 atom stereocenters. The average molecular weight is 464 g/mol. The third kappa shape index (κ3) is 4.45. The number of anilines is 2. The molecule has 0 unspecified atom stereocenters. The van der Waals surface area contributed by atoms with Gasteiger partial charge in [-0.3, -0.25) is 0 Å². The maximum absolute atomic E-state index is 5.69. The molecular formula is C26H33N5O3. The Morgan fingerprint density at radius 3 is 2.38 bits per heavy atom. The lowest BCUT2D eigenvalue weighted by Gasteiger charge is -2.37. The summed E-state index contributed by atoms with van der Waals surface area (Å²) in [6, 6.07) is 11.0. The first-order valence-electron chi connectivity index (χ1n) is 12.0. The van der Waals surface area contributed by atoms with Gasteiger partial charge in [0.1, 0.15) is 5.82 Å². The van der Waals surface area contributed by atoms with Crippen molar-refractivity contribution < 1.29 is 14.2 Å². The molecule has 2 aliphatic heterocycles. The van der Waals surface area contributed by atoms with Crippen LogP contribution in [-0.4, -0.2) is 73.7 Å². The monoisotopic (exact) mass is 463 g/mol. The van der Waals surface area contributed by atoms with E-state index < -0.39 is 0 Å². The first-order valence-corrected chi connectivity index (χ1v) is 12.0. The van der Waals surface area contributed by atoms with Gasteiger partial charge in [0.2, 0.25) is 5.95 Å². The number of benzene rings is 1. The normalized spacial score (nSPS) is 21.3. The first-order chi connectivity index (χ1) is 16.5. The van der Waals surface area contributed by atoms with Crippen molar-refractivity contribution in [3.8, 4) is 11.3 Å². The summed E-state index contributed by atoms with van der Waals surface area (Å²) in [6.07, 6.45) is 0. The highest BCUT2D eigenvalue weighted by atomic mass is 16.5. The van der Waals surface area contributed by atoms with Crippen LogP contribution in [0.3, 0.4) is 0 Å². The van der Waals surface area contributed by atoms with Crippen LogP contribution in [0.25, 0.3) is 22.3 Å². The number of hydrogen-bond donors (Lipinski definition) is 0. The summed E-state index contributed by atoms with van der Waals surface area (Å²) in [7, 11) is 1.72. The minimum Gasteiger partial charge on any atom is -0.380 e. The minimum atomic E-state index is 0.207. The summed E-state index contributed by atoms with van der Waals surface area (Å²) in [4.78, 5) is 19.6. The van der Waals surface area contributed by atoms with E-state index in [-0.39, 0.29) is 12.1 Å². The first kappa shape index (κ1) is 23.0. The van der Waals surface area contributed by atoms with Crippen LogP contribution in [0.4, 0.5) is 11.8 Å². The molecule has 0 radical (unpaired) electrons. The molecule has 4 heterocycles. The van der Waals surface area contributed by atoms with Crippen LogP contribution in [0.15, 0.2) is 30.3 Å². The number of fused-ring (bicyclic) bond motifs is 1. The van der Waals surface area contributed by atoms with Gasteiger partial charge in [0.25, 0.3) is 0 Å². The van der Waals surface area contributed by atoms with Gasteiger partial charge in [-0.1, -0.05) is 12.1 Å². The Bertz CT molecular complexity index is 1170. The van der Waals surface area contributed by atoms with E-state index >= 15 is 0 Å². The van der Waals surface area contributed by atoms with Crippen molar-refractivity contribution in [3.63, 3.8) is 0 Å². The van der Waals surface area contributed by atoms with Crippen molar-refractivity contribution >= 4 is 22.8 Å². The van der Waals surface area contributed by atoms with Crippen LogP contribution in [-0.2, 0) is 20.8 Å². The van der Waals surface area contributed by atoms with E-state index in [1.54, 1.807) is 7.11 Å². The van der Waals surface area contributed by atoms with E-state index in [9.17, 15) is 0 Å². The average Bonchev–Trinajstić information content (AvgIpc) is 2.85. The maximum Gasteiger partial charge on any atom is 0.229 e. The van der Waals surface area contributed by atoms with Gasteiger partial charge in [-0.25, -0.2) is 4.98 Å². The second-order valence-corrected chi connectivity index (χ2v) is 9.22. The van der Waals surface area contributed by atoms with E-state index in [2.05, 4.69) is 60.9 Å². The number of morpholine rings is 2. The van der Waals surface area contributed by atoms with E-state index in [4.69, 9.17) is 29.2 Å². The molecule has 8 heteroatoms. The quantitative estimate of drug-likeness (QED) is 0.568. The number of pyridine rings is 1. The van der Waals surface area contributed by atoms with Gasteiger partial charge >= 0.3 is 0 Å². The number of ether oxygens (including phenoxy) is 3. The summed E-state index contributed by atoms with van der Waals surface area (Å²) in [5.74, 6) is 1.64. The summed E-state index contributed by atoms with van der Waals surface area (Å²) >= 11 is 0. The molecule has 2 fully saturated rings. The van der Waals surface area contributed by atoms with Gasteiger partial charge in [-0.15, -0.1) is 0 Å². The van der Waals surface area contributed by atoms with Crippen LogP contribution in [0.2, 0.25) is 0 Å². The predicted octanol–water partition coefficient (Wildman–Crippen LogP) is 3.60. The Balaban J connectivity index is 1.63. The number of nitrogens with zero attached hydrogens (tertiary/aromatic N) is 5. The Labute approximate surface area is 200 Å². The molecule has 5 rings (SSSR count). The molecule has 0 bridgehead atoms. The Morgan fingerprint density at radius 1 is 0.941 bits per heavy atom. The van der Waals surface area contributed by atoms with Crippen molar-refractivity contribution in [1.82, 2.24) is 15.0 Å². The van der Waals surface area contributed by atoms with Crippen LogP contribution in [0.1, 0.15) is 25.0 Å². The zero-order chi connectivity index (χ0) is 23.7. The topological polar surface area (TPSA) is 72.8 Å². The molecule has 2 aliphatic rings. The highest BCUT2D eigenvalue weighted by Crippen LogP contribution is 2.31. The van der Waals surface area contributed by atoms with Gasteiger partial charge in [0.05, 0.1) is 56.2 Å². The fourth-order valence-corrected chi connectivity index (χ4v) is 4.70. The third-order valence-electron chi connectivity index (χ3n) is 6.74. The molecule has 0 amide bonds. The van der Waals surface area contributed by atoms with Crippen molar-refractivity contribution in [2.75, 3.05) is 56.4 Å². The van der Waals surface area contributed by atoms with Crippen molar-refractivity contribution in [1.29, 1.82) is 0 Å². The number of rotatable bonds is 5. The fraction of sp³-hybridized carbons (Fsp3) is 0.500. The zero-order valence-electron chi connectivity index (χ0n) is 20.5. The summed E-state index contributed by atoms with van der Waals surface area (Å²) < 4.78 is 16.7. The number of hydrogen-bond acceptors (Lipinski definition) is 8. The van der Waals surface area contributed by atoms with Crippen LogP contribution in [0.5, 0.6) is 0 Å². The van der Waals surface area contributed by atoms with E-state index in [0.29, 0.717) is 44.6 Å². The van der Waals surface area contributed by atoms with Gasteiger partial charge in [0.15, 0.2) is 5.65 Å². The maximum atomic E-state index is 5.69. The minimum absolute atomic E-state index is 0.207. The number of aryl methyl sites for hydroxylation is 1. The SMILES string of the molecule is COCc1cc(-c2ccc3c(N4CCOC[C@@H]4C)nc(N4CCOC[C@@H]4C)nc3n2)ccc1C. The molecule has 2 saturated heterocycles. The number of methoxy groups -OCH3 is 1. The van der Waals surface area contributed by atoms with Crippen LogP contribution in [0, 0.1) is 6.92 Å². The standard InChI is InChI=1S/C26H33N5O3/c1-17-5-6-20(13-21(17)16-32-4)23-8-7-22-24(27-23)28-26(31-10-12-34-15-19(31)3)29-25(22)30-9-11-33-14-18(30)2/h5-8,13,18-19H,9-12,14-16H2,1-4H3/t18-,19-/m0/s1. The van der Waals surface area contributed by atoms with Gasteiger partial charge in [-0.05, 0) is 50.1 Å². The zero-order valence-corrected chi connectivity index (χ0v) is 20.5. The van der Waals surface area contributed by atoms with E-state index in [1.165, 1.54) is 5.56 Å². The molecule has 0 spiro atoms. The van der Waals surface area contributed by atoms with Gasteiger partial charge in [0, 0.05) is 25.8 Å². The second kappa shape index (κ2) is 9.82. The molecule has 1 aromatic carbocycles. The fourth-order valence-electron chi connectivity index (χ4n) is 4.70. The van der Waals surface area contributed by atoms with Crippen molar-refractivity contribution in [3.05, 3.63) is 41.5 Å². The largest absolute Gasteiger partial charge is 0.380 e. The van der Waals surface area contributed by atoms with Crippen LogP contribution >= 0.6 is 0 Å². The van der Waals surface area contributed by atoms with Crippen LogP contribution < -0.4 is 9.80 Å². The van der Waals surface area contributed by atoms with Gasteiger partial charge in [-0.2, -0.15) is 9.97 Å². The van der Waals surface area contributed by atoms with Crippen molar-refractivity contribution in [2.24, 2.45) is 0 Å². The lowest BCUT2D eigenvalue weighted by atomic mass is 10.0. The molecular weight excluding hydrogens is 430 g/mol. The molecule has 2 aromatic heterocycles. The predicted molar refractivity (Wildman–Crippen MR) is 133 cm³/mol. The van der Waals surface area contributed by atoms with Gasteiger partial charge < -0.3 is 24.0 Å². The third-order valence-corrected chi connectivity index (χ3v) is 6.74. The summed E-state index contributed by atoms with van der Waals surface area (Å²) in [6.45, 7) is 11.3. The Kier molecular flexibility index (Phi) is 6.63. The Morgan fingerprint density at radius 2 is 1.68 bits per heavy atom. The highest BCUT2D eigenvalue weighted by molar-refractivity contribution is 5.90. The lowest BCUT2D eigenvalue weighted by Crippen LogP contribution is -2.46. The summed E-state index contributed by atoms with van der Waals surface area (Å²) in [5.41, 5.74) is 5.03. The summed E-state index contributed by atoms with van der Waals surface area (Å²) in [5, 5.41) is 0.964. The molecule has 0 aliphatic carbocycles. The molecule has 180 valence electrons. The molecule has 8 nitrogen and oxygen atoms in total. The van der Waals surface area contributed by atoms with Crippen molar-refractivity contribution in [2.45, 2.75) is 39.5 Å². The smallest absolute Gasteiger partial charge is 0.229 e. The number of aromatic nitrogens is 3. The lowest BCUT2D eigenvalue weighted by molar-refractivity contribution is 0.0973.